The molecule has 0 saturated carbocycles. The molecule has 3 fully saturated rings. The molecule has 8 rings (SSSR count). The predicted octanol–water partition coefficient (Wildman–Crippen LogP) is 4.84. The predicted molar refractivity (Wildman–Crippen MR) is 158 cm³/mol. The Kier molecular flexibility index (Phi) is 6.70. The van der Waals surface area contributed by atoms with Crippen LogP contribution in [0.3, 0.4) is 0 Å². The highest BCUT2D eigenvalue weighted by molar-refractivity contribution is 5.61. The van der Waals surface area contributed by atoms with E-state index >= 15 is 0 Å². The maximum atomic E-state index is 13.7. The highest BCUT2D eigenvalue weighted by Crippen LogP contribution is 2.36. The van der Waals surface area contributed by atoms with Gasteiger partial charge < -0.3 is 4.90 Å². The van der Waals surface area contributed by atoms with E-state index in [-0.39, 0.29) is 5.82 Å². The molecular weight excluding hydrogens is 529 g/mol. The fourth-order valence-corrected chi connectivity index (χ4v) is 6.10. The molecule has 2 unspecified atom stereocenters. The lowest BCUT2D eigenvalue weighted by Crippen LogP contribution is -2.68. The third-order valence-electron chi connectivity index (χ3n) is 8.22. The van der Waals surface area contributed by atoms with Crippen LogP contribution in [0.4, 0.5) is 10.2 Å². The maximum absolute atomic E-state index is 13.7. The topological polar surface area (TPSA) is 99.6 Å². The number of hydrogen-bond donors (Lipinski definition) is 1. The molecule has 10 heteroatoms. The van der Waals surface area contributed by atoms with Gasteiger partial charge in [0, 0.05) is 78.7 Å². The van der Waals surface area contributed by atoms with Crippen molar-refractivity contribution in [1.82, 2.24) is 40.0 Å². The molecular formula is C32H32FN9. The van der Waals surface area contributed by atoms with E-state index in [1.807, 2.05) is 51.4 Å². The lowest BCUT2D eigenvalue weighted by Gasteiger charge is -2.56. The van der Waals surface area contributed by atoms with Gasteiger partial charge in [-0.05, 0) is 69.2 Å². The Morgan fingerprint density at radius 2 is 1.74 bits per heavy atom. The first-order valence-corrected chi connectivity index (χ1v) is 14.3. The molecule has 9 nitrogen and oxygen atoms in total. The zero-order valence-electron chi connectivity index (χ0n) is 23.9. The Morgan fingerprint density at radius 3 is 2.45 bits per heavy atom. The molecule has 2 bridgehead atoms. The number of piperidine rings is 1. The number of halogens is 1. The van der Waals surface area contributed by atoms with Crippen molar-refractivity contribution >= 4 is 5.82 Å². The number of H-pyrrole nitrogens is 1. The van der Waals surface area contributed by atoms with Crippen LogP contribution in [0.1, 0.15) is 40.5 Å². The number of fused-ring (bicyclic) bond motifs is 2. The molecule has 5 aromatic heterocycles. The normalized spacial score (nSPS) is 18.2. The quantitative estimate of drug-likeness (QED) is 0.302. The van der Waals surface area contributed by atoms with Crippen LogP contribution in [0.2, 0.25) is 0 Å². The number of hydrogen-bond acceptors (Lipinski definition) is 8. The number of pyridine rings is 3. The Labute approximate surface area is 243 Å². The summed E-state index contributed by atoms with van der Waals surface area (Å²) in [5, 5.41) is 7.33. The van der Waals surface area contributed by atoms with Crippen LogP contribution in [0.15, 0.2) is 61.1 Å². The standard InChI is InChI=1S/C32H32FN9/c1-19-8-25(11-26-9-20(2)39-40-26)38-32(37-19)23-5-7-31(36-14-23)41-17-27-12-28(18-41)42(27)16-22-4-6-30(35-13-22)29-10-24(33)15-34-21(29)3/h4-10,13-15,27-28H,11-12,16-18H2,1-3H3,(H,39,40). The van der Waals surface area contributed by atoms with Gasteiger partial charge in [-0.15, -0.1) is 0 Å². The average Bonchev–Trinajstić information content (AvgIpc) is 3.41. The molecule has 0 spiro atoms. The van der Waals surface area contributed by atoms with Gasteiger partial charge in [-0.1, -0.05) is 6.07 Å². The molecule has 0 aliphatic carbocycles. The van der Waals surface area contributed by atoms with Crippen molar-refractivity contribution in [2.24, 2.45) is 0 Å². The van der Waals surface area contributed by atoms with Gasteiger partial charge in [0.15, 0.2) is 5.82 Å². The summed E-state index contributed by atoms with van der Waals surface area (Å²) in [6.45, 7) is 8.60. The third kappa shape index (κ3) is 5.25. The van der Waals surface area contributed by atoms with Gasteiger partial charge >= 0.3 is 0 Å². The summed E-state index contributed by atoms with van der Waals surface area (Å²) in [7, 11) is 0. The van der Waals surface area contributed by atoms with E-state index in [1.165, 1.54) is 18.7 Å². The zero-order valence-corrected chi connectivity index (χ0v) is 23.9. The third-order valence-corrected chi connectivity index (χ3v) is 8.22. The minimum absolute atomic E-state index is 0.350. The van der Waals surface area contributed by atoms with Crippen LogP contribution in [0.5, 0.6) is 0 Å². The van der Waals surface area contributed by atoms with Crippen molar-refractivity contribution in [2.75, 3.05) is 18.0 Å². The number of nitrogens with one attached hydrogen (secondary N) is 1. The van der Waals surface area contributed by atoms with Gasteiger partial charge in [0.25, 0.3) is 0 Å². The minimum atomic E-state index is -0.350. The number of anilines is 1. The summed E-state index contributed by atoms with van der Waals surface area (Å²) < 4.78 is 13.7. The molecule has 3 aliphatic heterocycles. The Balaban J connectivity index is 0.990. The molecule has 5 aromatic rings. The fraction of sp³-hybridized carbons (Fsp3) is 0.312. The molecule has 2 atom stereocenters. The summed E-state index contributed by atoms with van der Waals surface area (Å²) >= 11 is 0. The average molecular weight is 562 g/mol. The number of piperazine rings is 1. The van der Waals surface area contributed by atoms with Crippen molar-refractivity contribution in [3.63, 3.8) is 0 Å². The number of aryl methyl sites for hydroxylation is 3. The Bertz CT molecular complexity index is 1720. The highest BCUT2D eigenvalue weighted by atomic mass is 19.1. The molecule has 8 heterocycles. The first kappa shape index (κ1) is 26.3. The minimum Gasteiger partial charge on any atom is -0.353 e. The van der Waals surface area contributed by atoms with E-state index in [1.54, 1.807) is 0 Å². The number of aromatic nitrogens is 7. The smallest absolute Gasteiger partial charge is 0.161 e. The van der Waals surface area contributed by atoms with E-state index in [2.05, 4.69) is 53.1 Å². The molecule has 0 radical (unpaired) electrons. The number of aromatic amines is 1. The number of nitrogens with zero attached hydrogens (tertiary/aromatic N) is 8. The van der Waals surface area contributed by atoms with Gasteiger partial charge in [-0.25, -0.2) is 19.3 Å². The summed E-state index contributed by atoms with van der Waals surface area (Å²) in [6, 6.07) is 14.7. The Morgan fingerprint density at radius 1 is 0.881 bits per heavy atom. The van der Waals surface area contributed by atoms with Crippen LogP contribution in [0, 0.1) is 26.6 Å². The van der Waals surface area contributed by atoms with E-state index < -0.39 is 0 Å². The molecule has 3 aliphatic rings. The SMILES string of the molecule is Cc1cc(Cc2cc(C)[nH]n2)nc(-c2ccc(N3CC4CC(C3)N4Cc3ccc(-c4cc(F)cnc4C)nc3)nc2)n1. The van der Waals surface area contributed by atoms with Crippen molar-refractivity contribution in [1.29, 1.82) is 0 Å². The van der Waals surface area contributed by atoms with Crippen molar-refractivity contribution in [3.05, 3.63) is 101 Å². The summed E-state index contributed by atoms with van der Waals surface area (Å²) in [5.74, 6) is 1.32. The summed E-state index contributed by atoms with van der Waals surface area (Å²) in [4.78, 5) is 27.9. The van der Waals surface area contributed by atoms with E-state index in [0.717, 1.165) is 76.3 Å². The molecule has 0 amide bonds. The fourth-order valence-electron chi connectivity index (χ4n) is 6.10. The van der Waals surface area contributed by atoms with Crippen molar-refractivity contribution < 1.29 is 4.39 Å². The van der Waals surface area contributed by atoms with Crippen LogP contribution in [0.25, 0.3) is 22.6 Å². The monoisotopic (exact) mass is 561 g/mol. The van der Waals surface area contributed by atoms with Gasteiger partial charge in [-0.2, -0.15) is 5.10 Å². The van der Waals surface area contributed by atoms with Gasteiger partial charge in [0.05, 0.1) is 23.3 Å². The second kappa shape index (κ2) is 10.7. The van der Waals surface area contributed by atoms with Gasteiger partial charge in [-0.3, -0.25) is 20.0 Å². The van der Waals surface area contributed by atoms with Crippen molar-refractivity contribution in [3.8, 4) is 22.6 Å². The second-order valence-corrected chi connectivity index (χ2v) is 11.4. The largest absolute Gasteiger partial charge is 0.353 e. The molecule has 3 saturated heterocycles. The van der Waals surface area contributed by atoms with Crippen LogP contribution < -0.4 is 4.90 Å². The molecule has 212 valence electrons. The van der Waals surface area contributed by atoms with E-state index in [4.69, 9.17) is 9.97 Å². The van der Waals surface area contributed by atoms with Crippen LogP contribution in [-0.2, 0) is 13.0 Å². The number of rotatable bonds is 7. The van der Waals surface area contributed by atoms with Gasteiger partial charge in [0.2, 0.25) is 0 Å². The van der Waals surface area contributed by atoms with E-state index in [0.29, 0.717) is 24.3 Å². The molecule has 1 N–H and O–H groups in total. The first-order chi connectivity index (χ1) is 20.4. The van der Waals surface area contributed by atoms with Crippen LogP contribution in [-0.4, -0.2) is 65.2 Å². The van der Waals surface area contributed by atoms with Gasteiger partial charge in [0.1, 0.15) is 11.6 Å². The highest BCUT2D eigenvalue weighted by Gasteiger charge is 2.44. The van der Waals surface area contributed by atoms with Crippen LogP contribution >= 0.6 is 0 Å². The summed E-state index contributed by atoms with van der Waals surface area (Å²) in [6.07, 6.45) is 6.88. The van der Waals surface area contributed by atoms with Crippen molar-refractivity contribution in [2.45, 2.75) is 52.2 Å². The molecule has 0 aromatic carbocycles. The summed E-state index contributed by atoms with van der Waals surface area (Å²) in [5.41, 5.74) is 8.18. The lowest BCUT2D eigenvalue weighted by molar-refractivity contribution is -0.00874. The lowest BCUT2D eigenvalue weighted by atomic mass is 9.87. The Hall–Kier alpha value is -4.57. The first-order valence-electron chi connectivity index (χ1n) is 14.3. The van der Waals surface area contributed by atoms with E-state index in [9.17, 15) is 4.39 Å². The second-order valence-electron chi connectivity index (χ2n) is 11.4. The maximum Gasteiger partial charge on any atom is 0.161 e. The zero-order chi connectivity index (χ0) is 28.8. The molecule has 42 heavy (non-hydrogen) atoms.